The van der Waals surface area contributed by atoms with Gasteiger partial charge in [0.1, 0.15) is 11.0 Å². The summed E-state index contributed by atoms with van der Waals surface area (Å²) >= 11 is 1.31. The van der Waals surface area contributed by atoms with Gasteiger partial charge in [-0.05, 0) is 43.4 Å². The number of nitrogens with zero attached hydrogens (tertiary/aromatic N) is 3. The normalized spacial score (nSPS) is 11.4. The lowest BCUT2D eigenvalue weighted by Crippen LogP contribution is -2.26. The summed E-state index contributed by atoms with van der Waals surface area (Å²) in [5, 5.41) is 3.56. The Morgan fingerprint density at radius 1 is 1.11 bits per heavy atom. The highest BCUT2D eigenvalue weighted by Gasteiger charge is 2.19. The Hall–Kier alpha value is -3.32. The van der Waals surface area contributed by atoms with Crippen LogP contribution in [-0.2, 0) is 18.4 Å². The first-order valence-corrected chi connectivity index (χ1v) is 12.9. The van der Waals surface area contributed by atoms with E-state index in [1.807, 2.05) is 80.2 Å². The average Bonchev–Trinajstić information content (AvgIpc) is 3.16. The molecule has 7 heteroatoms. The Balaban J connectivity index is 1.69. The van der Waals surface area contributed by atoms with Crippen molar-refractivity contribution in [1.82, 2.24) is 14.1 Å². The number of aryl methyl sites for hydroxylation is 3. The standard InChI is InChI=1S/C28H32N4O2S/c1-18(2)13-14-32-27(34)26-25(22(16-31(26)5)21-9-7-6-8-10-21)30-28(32)35-17-24(33)29-23-12-11-19(3)15-20(23)4/h6-12,15-16,18H,13-14,17H2,1-5H3,(H,29,33). The van der Waals surface area contributed by atoms with Crippen LogP contribution < -0.4 is 10.9 Å². The van der Waals surface area contributed by atoms with Crippen molar-refractivity contribution >= 4 is 34.4 Å². The number of benzene rings is 2. The molecule has 35 heavy (non-hydrogen) atoms. The van der Waals surface area contributed by atoms with Crippen molar-refractivity contribution in [3.05, 3.63) is 76.2 Å². The molecule has 2 aromatic heterocycles. The molecular weight excluding hydrogens is 456 g/mol. The van der Waals surface area contributed by atoms with Gasteiger partial charge in [0.05, 0.1) is 5.75 Å². The van der Waals surface area contributed by atoms with E-state index >= 15 is 0 Å². The molecule has 182 valence electrons. The van der Waals surface area contributed by atoms with E-state index in [9.17, 15) is 9.59 Å². The molecule has 0 spiro atoms. The lowest BCUT2D eigenvalue weighted by molar-refractivity contribution is -0.113. The van der Waals surface area contributed by atoms with Gasteiger partial charge in [0.25, 0.3) is 5.56 Å². The summed E-state index contributed by atoms with van der Waals surface area (Å²) in [6, 6.07) is 15.9. The van der Waals surface area contributed by atoms with Crippen LogP contribution in [0.5, 0.6) is 0 Å². The summed E-state index contributed by atoms with van der Waals surface area (Å²) in [5.41, 5.74) is 6.07. The highest BCUT2D eigenvalue weighted by atomic mass is 32.2. The average molecular weight is 489 g/mol. The number of fused-ring (bicyclic) bond motifs is 1. The van der Waals surface area contributed by atoms with E-state index in [4.69, 9.17) is 4.98 Å². The number of thioether (sulfide) groups is 1. The second kappa shape index (κ2) is 10.5. The third kappa shape index (κ3) is 5.51. The quantitative estimate of drug-likeness (QED) is 0.252. The van der Waals surface area contributed by atoms with Gasteiger partial charge < -0.3 is 9.88 Å². The highest BCUT2D eigenvalue weighted by Crippen LogP contribution is 2.29. The maximum Gasteiger partial charge on any atom is 0.278 e. The van der Waals surface area contributed by atoms with Gasteiger partial charge in [0, 0.05) is 31.0 Å². The molecule has 0 fully saturated rings. The molecular formula is C28H32N4O2S. The number of hydrogen-bond donors (Lipinski definition) is 1. The van der Waals surface area contributed by atoms with E-state index in [2.05, 4.69) is 19.2 Å². The maximum absolute atomic E-state index is 13.6. The van der Waals surface area contributed by atoms with Crippen LogP contribution in [0.2, 0.25) is 0 Å². The molecule has 1 amide bonds. The van der Waals surface area contributed by atoms with Gasteiger partial charge in [0.15, 0.2) is 5.16 Å². The number of amides is 1. The predicted molar refractivity (Wildman–Crippen MR) is 145 cm³/mol. The van der Waals surface area contributed by atoms with Gasteiger partial charge in [-0.1, -0.05) is 73.6 Å². The van der Waals surface area contributed by atoms with Crippen molar-refractivity contribution in [2.45, 2.75) is 45.8 Å². The fraction of sp³-hybridized carbons (Fsp3) is 0.321. The number of hydrogen-bond acceptors (Lipinski definition) is 4. The minimum absolute atomic E-state index is 0.0716. The number of rotatable bonds is 8. The van der Waals surface area contributed by atoms with Gasteiger partial charge in [-0.2, -0.15) is 0 Å². The predicted octanol–water partition coefficient (Wildman–Crippen LogP) is 5.80. The lowest BCUT2D eigenvalue weighted by Gasteiger charge is -2.14. The van der Waals surface area contributed by atoms with Crippen molar-refractivity contribution < 1.29 is 4.79 Å². The Morgan fingerprint density at radius 2 is 1.86 bits per heavy atom. The largest absolute Gasteiger partial charge is 0.344 e. The summed E-state index contributed by atoms with van der Waals surface area (Å²) in [7, 11) is 1.88. The zero-order valence-corrected chi connectivity index (χ0v) is 21.8. The Labute approximate surface area is 210 Å². The van der Waals surface area contributed by atoms with Gasteiger partial charge in [-0.25, -0.2) is 4.98 Å². The molecule has 0 saturated heterocycles. The summed E-state index contributed by atoms with van der Waals surface area (Å²) in [5.74, 6) is 0.486. The van der Waals surface area contributed by atoms with Crippen LogP contribution in [0.25, 0.3) is 22.2 Å². The molecule has 2 aromatic carbocycles. The zero-order valence-electron chi connectivity index (χ0n) is 21.0. The number of carbonyl (C=O) groups excluding carboxylic acids is 1. The first kappa shape index (κ1) is 24.8. The fourth-order valence-electron chi connectivity index (χ4n) is 4.14. The van der Waals surface area contributed by atoms with Crippen LogP contribution in [-0.4, -0.2) is 25.8 Å². The van der Waals surface area contributed by atoms with Crippen LogP contribution in [0.4, 0.5) is 5.69 Å². The maximum atomic E-state index is 13.6. The van der Waals surface area contributed by atoms with Crippen LogP contribution >= 0.6 is 11.8 Å². The molecule has 0 atom stereocenters. The molecule has 0 aliphatic heterocycles. The molecule has 0 aliphatic carbocycles. The Bertz CT molecular complexity index is 1420. The molecule has 4 aromatic rings. The second-order valence-electron chi connectivity index (χ2n) is 9.41. The lowest BCUT2D eigenvalue weighted by atomic mass is 10.1. The first-order valence-electron chi connectivity index (χ1n) is 11.9. The highest BCUT2D eigenvalue weighted by molar-refractivity contribution is 7.99. The molecule has 0 aliphatic rings. The zero-order chi connectivity index (χ0) is 25.1. The number of carbonyl (C=O) groups is 1. The minimum Gasteiger partial charge on any atom is -0.344 e. The minimum atomic E-state index is -0.122. The van der Waals surface area contributed by atoms with Crippen molar-refractivity contribution in [3.8, 4) is 11.1 Å². The van der Waals surface area contributed by atoms with E-state index in [1.165, 1.54) is 11.8 Å². The third-order valence-electron chi connectivity index (χ3n) is 6.04. The first-order chi connectivity index (χ1) is 16.7. The molecule has 0 saturated carbocycles. The molecule has 0 unspecified atom stereocenters. The van der Waals surface area contributed by atoms with Crippen LogP contribution in [0.3, 0.4) is 0 Å². The van der Waals surface area contributed by atoms with Crippen molar-refractivity contribution in [1.29, 1.82) is 0 Å². The fourth-order valence-corrected chi connectivity index (χ4v) is 4.96. The van der Waals surface area contributed by atoms with Gasteiger partial charge in [0.2, 0.25) is 5.91 Å². The Morgan fingerprint density at radius 3 is 2.54 bits per heavy atom. The molecule has 4 rings (SSSR count). The number of anilines is 1. The van der Waals surface area contributed by atoms with Gasteiger partial charge >= 0.3 is 0 Å². The van der Waals surface area contributed by atoms with E-state index < -0.39 is 0 Å². The molecule has 1 N–H and O–H groups in total. The van der Waals surface area contributed by atoms with Gasteiger partial charge in [-0.15, -0.1) is 0 Å². The van der Waals surface area contributed by atoms with Crippen LogP contribution in [0.15, 0.2) is 64.7 Å². The van der Waals surface area contributed by atoms with Crippen LogP contribution in [0.1, 0.15) is 31.4 Å². The SMILES string of the molecule is Cc1ccc(NC(=O)CSc2nc3c(-c4ccccc4)cn(C)c3c(=O)n2CCC(C)C)c(C)c1. The number of nitrogens with one attached hydrogen (secondary N) is 1. The van der Waals surface area contributed by atoms with Gasteiger partial charge in [-0.3, -0.25) is 14.2 Å². The Kier molecular flexibility index (Phi) is 7.45. The van der Waals surface area contributed by atoms with Crippen molar-refractivity contribution in [3.63, 3.8) is 0 Å². The van der Waals surface area contributed by atoms with Crippen molar-refractivity contribution in [2.75, 3.05) is 11.1 Å². The topological polar surface area (TPSA) is 68.9 Å². The van der Waals surface area contributed by atoms with E-state index in [0.717, 1.165) is 34.4 Å². The molecule has 2 heterocycles. The van der Waals surface area contributed by atoms with E-state index in [0.29, 0.717) is 28.7 Å². The smallest absolute Gasteiger partial charge is 0.278 e. The number of aromatic nitrogens is 3. The third-order valence-corrected chi connectivity index (χ3v) is 7.02. The summed E-state index contributed by atoms with van der Waals surface area (Å²) < 4.78 is 3.59. The monoisotopic (exact) mass is 488 g/mol. The summed E-state index contributed by atoms with van der Waals surface area (Å²) in [6.07, 6.45) is 2.81. The summed E-state index contributed by atoms with van der Waals surface area (Å²) in [6.45, 7) is 8.84. The molecule has 6 nitrogen and oxygen atoms in total. The van der Waals surface area contributed by atoms with E-state index in [1.54, 1.807) is 4.57 Å². The van der Waals surface area contributed by atoms with Crippen molar-refractivity contribution in [2.24, 2.45) is 13.0 Å². The molecule has 0 radical (unpaired) electrons. The molecule has 0 bridgehead atoms. The summed E-state index contributed by atoms with van der Waals surface area (Å²) in [4.78, 5) is 31.4. The van der Waals surface area contributed by atoms with E-state index in [-0.39, 0.29) is 17.2 Å². The van der Waals surface area contributed by atoms with Crippen LogP contribution in [0, 0.1) is 19.8 Å². The second-order valence-corrected chi connectivity index (χ2v) is 10.3.